The Kier molecular flexibility index (Phi) is 5.39. The molecule has 5 heteroatoms. The summed E-state index contributed by atoms with van der Waals surface area (Å²) in [4.78, 5) is 12.3. The molecule has 0 radical (unpaired) electrons. The van der Waals surface area contributed by atoms with E-state index in [0.717, 1.165) is 16.6 Å². The van der Waals surface area contributed by atoms with Crippen LogP contribution in [-0.4, -0.2) is 31.6 Å². The van der Waals surface area contributed by atoms with E-state index >= 15 is 0 Å². The molecule has 0 amide bonds. The van der Waals surface area contributed by atoms with E-state index in [-0.39, 0.29) is 17.7 Å². The van der Waals surface area contributed by atoms with Crippen molar-refractivity contribution >= 4 is 33.3 Å². The van der Waals surface area contributed by atoms with Gasteiger partial charge in [0.25, 0.3) is 0 Å². The van der Waals surface area contributed by atoms with Crippen molar-refractivity contribution in [3.8, 4) is 0 Å². The van der Waals surface area contributed by atoms with E-state index in [2.05, 4.69) is 21.2 Å². The fraction of sp³-hybridized carbons (Fsp3) is 0.500. The predicted octanol–water partition coefficient (Wildman–Crippen LogP) is 2.84. The van der Waals surface area contributed by atoms with Crippen LogP contribution in [0.1, 0.15) is 12.5 Å². The van der Waals surface area contributed by atoms with Crippen LogP contribution in [0.2, 0.25) is 5.02 Å². The van der Waals surface area contributed by atoms with Crippen LogP contribution in [0, 0.1) is 5.92 Å². The minimum atomic E-state index is -0.0698. The van der Waals surface area contributed by atoms with E-state index in [0.29, 0.717) is 24.7 Å². The minimum absolute atomic E-state index is 0.0698. The molecule has 2 atom stereocenters. The Balaban J connectivity index is 2.04. The monoisotopic (exact) mass is 345 g/mol. The molecule has 1 aromatic carbocycles. The fourth-order valence-electron chi connectivity index (χ4n) is 2.32. The van der Waals surface area contributed by atoms with Crippen molar-refractivity contribution in [2.24, 2.45) is 5.92 Å². The quantitative estimate of drug-likeness (QED) is 0.891. The number of benzene rings is 1. The maximum atomic E-state index is 12.3. The Hall–Kier alpha value is -0.420. The average molecular weight is 347 g/mol. The van der Waals surface area contributed by atoms with Crippen molar-refractivity contribution < 1.29 is 9.53 Å². The summed E-state index contributed by atoms with van der Waals surface area (Å²) in [6.07, 6.45) is 0.363. The first-order valence-electron chi connectivity index (χ1n) is 6.39. The first-order chi connectivity index (χ1) is 9.11. The molecule has 0 saturated carbocycles. The van der Waals surface area contributed by atoms with Gasteiger partial charge in [0, 0.05) is 22.0 Å². The second kappa shape index (κ2) is 6.84. The van der Waals surface area contributed by atoms with Crippen molar-refractivity contribution in [1.82, 2.24) is 5.32 Å². The van der Waals surface area contributed by atoms with Crippen molar-refractivity contribution in [2.45, 2.75) is 19.4 Å². The second-order valence-corrected chi connectivity index (χ2v) is 6.01. The van der Waals surface area contributed by atoms with Gasteiger partial charge in [0.2, 0.25) is 0 Å². The Morgan fingerprint density at radius 1 is 1.53 bits per heavy atom. The summed E-state index contributed by atoms with van der Waals surface area (Å²) in [5, 5.41) is 3.93. The van der Waals surface area contributed by atoms with Crippen LogP contribution in [0.3, 0.4) is 0 Å². The second-order valence-electron chi connectivity index (χ2n) is 4.69. The Bertz CT molecular complexity index is 467. The largest absolute Gasteiger partial charge is 0.379 e. The van der Waals surface area contributed by atoms with Crippen molar-refractivity contribution in [3.05, 3.63) is 33.3 Å². The molecule has 1 aliphatic rings. The summed E-state index contributed by atoms with van der Waals surface area (Å²) in [6, 6.07) is 5.74. The Labute approximate surface area is 126 Å². The molecule has 0 aromatic heterocycles. The Morgan fingerprint density at radius 2 is 2.32 bits per heavy atom. The molecular weight excluding hydrogens is 330 g/mol. The highest BCUT2D eigenvalue weighted by atomic mass is 79.9. The van der Waals surface area contributed by atoms with Gasteiger partial charge in [-0.05, 0) is 24.2 Å². The van der Waals surface area contributed by atoms with E-state index in [4.69, 9.17) is 16.3 Å². The van der Waals surface area contributed by atoms with Gasteiger partial charge >= 0.3 is 0 Å². The van der Waals surface area contributed by atoms with Gasteiger partial charge < -0.3 is 10.1 Å². The highest BCUT2D eigenvalue weighted by molar-refractivity contribution is 9.10. The number of hydrogen-bond acceptors (Lipinski definition) is 3. The van der Waals surface area contributed by atoms with Crippen molar-refractivity contribution in [2.75, 3.05) is 19.8 Å². The minimum Gasteiger partial charge on any atom is -0.379 e. The third-order valence-electron chi connectivity index (χ3n) is 3.34. The lowest BCUT2D eigenvalue weighted by Gasteiger charge is -2.17. The zero-order valence-electron chi connectivity index (χ0n) is 10.8. The van der Waals surface area contributed by atoms with E-state index in [1.165, 1.54) is 0 Å². The predicted molar refractivity (Wildman–Crippen MR) is 79.6 cm³/mol. The number of carbonyl (C=O) groups excluding carboxylic acids is 1. The molecule has 1 aromatic rings. The lowest BCUT2D eigenvalue weighted by Crippen LogP contribution is -2.39. The molecule has 104 valence electrons. The van der Waals surface area contributed by atoms with Crippen LogP contribution in [0.4, 0.5) is 0 Å². The number of carbonyl (C=O) groups is 1. The van der Waals surface area contributed by atoms with Crippen molar-refractivity contribution in [1.29, 1.82) is 0 Å². The molecule has 0 aliphatic carbocycles. The summed E-state index contributed by atoms with van der Waals surface area (Å²) in [5.74, 6) is 0.118. The van der Waals surface area contributed by atoms with Gasteiger partial charge in [-0.15, -0.1) is 0 Å². The maximum Gasteiger partial charge on any atom is 0.144 e. The molecule has 0 bridgehead atoms. The molecule has 2 rings (SSSR count). The van der Waals surface area contributed by atoms with Gasteiger partial charge in [0.1, 0.15) is 5.78 Å². The molecular formula is C14H17BrClNO2. The van der Waals surface area contributed by atoms with Crippen molar-refractivity contribution in [3.63, 3.8) is 0 Å². The number of ether oxygens (including phenoxy) is 1. The summed E-state index contributed by atoms with van der Waals surface area (Å²) < 4.78 is 6.33. The lowest BCUT2D eigenvalue weighted by atomic mass is 9.93. The van der Waals surface area contributed by atoms with E-state index < -0.39 is 0 Å². The first kappa shape index (κ1) is 15.0. The van der Waals surface area contributed by atoms with Gasteiger partial charge in [-0.2, -0.15) is 0 Å². The topological polar surface area (TPSA) is 38.3 Å². The van der Waals surface area contributed by atoms with E-state index in [1.807, 2.05) is 25.1 Å². The summed E-state index contributed by atoms with van der Waals surface area (Å²) in [7, 11) is 0. The van der Waals surface area contributed by atoms with Crippen LogP contribution in [0.15, 0.2) is 22.7 Å². The van der Waals surface area contributed by atoms with Gasteiger partial charge in [-0.25, -0.2) is 0 Å². The fourth-order valence-corrected chi connectivity index (χ4v) is 3.06. The van der Waals surface area contributed by atoms with Gasteiger partial charge in [0.15, 0.2) is 0 Å². The first-order valence-corrected chi connectivity index (χ1v) is 7.56. The number of ketones is 1. The number of nitrogens with one attached hydrogen (secondary N) is 1. The molecule has 1 heterocycles. The molecule has 1 aliphatic heterocycles. The van der Waals surface area contributed by atoms with Crippen LogP contribution in [0.25, 0.3) is 0 Å². The molecule has 3 nitrogen and oxygen atoms in total. The van der Waals surface area contributed by atoms with Crippen LogP contribution in [-0.2, 0) is 16.0 Å². The molecule has 1 saturated heterocycles. The molecule has 2 unspecified atom stereocenters. The summed E-state index contributed by atoms with van der Waals surface area (Å²) >= 11 is 9.51. The summed E-state index contributed by atoms with van der Waals surface area (Å²) in [6.45, 7) is 3.99. The van der Waals surface area contributed by atoms with Gasteiger partial charge in [-0.3, -0.25) is 4.79 Å². The highest BCUT2D eigenvalue weighted by Crippen LogP contribution is 2.24. The van der Waals surface area contributed by atoms with E-state index in [9.17, 15) is 4.79 Å². The zero-order valence-corrected chi connectivity index (χ0v) is 13.1. The van der Waals surface area contributed by atoms with Gasteiger partial charge in [-0.1, -0.05) is 40.5 Å². The standard InChI is InChI=1S/C14H17BrClNO2/c1-2-17-13-8-19-7-11(13)14(18)5-9-3-4-10(15)6-12(9)16/h3-4,6,11,13,17H,2,5,7-8H2,1H3. The smallest absolute Gasteiger partial charge is 0.144 e. The zero-order chi connectivity index (χ0) is 13.8. The van der Waals surface area contributed by atoms with Crippen LogP contribution >= 0.6 is 27.5 Å². The number of Topliss-reactive ketones (excluding diaryl/α,β-unsaturated/α-hetero) is 1. The molecule has 1 fully saturated rings. The van der Waals surface area contributed by atoms with Crippen LogP contribution in [0.5, 0.6) is 0 Å². The third-order valence-corrected chi connectivity index (χ3v) is 4.19. The van der Waals surface area contributed by atoms with E-state index in [1.54, 1.807) is 0 Å². The molecule has 1 N–H and O–H groups in total. The number of likely N-dealkylation sites (N-methyl/N-ethyl adjacent to an activating group) is 1. The SMILES string of the molecule is CCNC1COCC1C(=O)Cc1ccc(Br)cc1Cl. The number of rotatable bonds is 5. The molecule has 0 spiro atoms. The maximum absolute atomic E-state index is 12.3. The number of halogens is 2. The van der Waals surface area contributed by atoms with Crippen LogP contribution < -0.4 is 5.32 Å². The normalized spacial score (nSPS) is 22.7. The van der Waals surface area contributed by atoms with Gasteiger partial charge in [0.05, 0.1) is 19.1 Å². The third kappa shape index (κ3) is 3.78. The summed E-state index contributed by atoms with van der Waals surface area (Å²) in [5.41, 5.74) is 0.872. The highest BCUT2D eigenvalue weighted by Gasteiger charge is 2.33. The lowest BCUT2D eigenvalue weighted by molar-refractivity contribution is -0.122. The molecule has 19 heavy (non-hydrogen) atoms. The Morgan fingerprint density at radius 3 is 3.00 bits per heavy atom. The average Bonchev–Trinajstić information content (AvgIpc) is 2.81. The number of hydrogen-bond donors (Lipinski definition) is 1.